The number of nitrogens with zero attached hydrogens (tertiary/aromatic N) is 1. The molecule has 1 saturated heterocycles. The molecule has 1 amide bonds. The molecule has 0 aromatic carbocycles. The predicted molar refractivity (Wildman–Crippen MR) is 84.5 cm³/mol. The maximum atomic E-state index is 11.7. The molecule has 1 unspecified atom stereocenters. The molecule has 0 radical (unpaired) electrons. The molecule has 0 spiro atoms. The third kappa shape index (κ3) is 7.78. The number of rotatable bonds is 6. The van der Waals surface area contributed by atoms with Crippen LogP contribution in [-0.4, -0.2) is 56.6 Å². The molecule has 2 N–H and O–H groups in total. The van der Waals surface area contributed by atoms with Crippen molar-refractivity contribution >= 4 is 15.9 Å². The zero-order valence-electron chi connectivity index (χ0n) is 13.6. The second-order valence-corrected chi connectivity index (χ2v) is 8.86. The first-order valence-electron chi connectivity index (χ1n) is 7.55. The molecule has 0 aliphatic carbocycles. The van der Waals surface area contributed by atoms with Crippen LogP contribution in [-0.2, 0) is 14.8 Å². The third-order valence-corrected chi connectivity index (χ3v) is 4.70. The van der Waals surface area contributed by atoms with E-state index >= 15 is 0 Å². The molecular weight excluding hydrogens is 290 g/mol. The van der Waals surface area contributed by atoms with Crippen molar-refractivity contribution in [3.63, 3.8) is 0 Å². The van der Waals surface area contributed by atoms with Crippen LogP contribution in [0.5, 0.6) is 0 Å². The number of nitrogens with one attached hydrogen (secondary N) is 2. The van der Waals surface area contributed by atoms with Gasteiger partial charge in [0.05, 0.1) is 6.26 Å². The van der Waals surface area contributed by atoms with Crippen LogP contribution in [0, 0.1) is 5.92 Å². The lowest BCUT2D eigenvalue weighted by Gasteiger charge is -2.31. The standard InChI is InChI=1S/C14H29N3O3S/c1-14(2,3)16-13(18)7-8-15-10-12-6-5-9-17(11-12)21(4,19)20/h12,15H,5-11H2,1-4H3,(H,16,18). The lowest BCUT2D eigenvalue weighted by molar-refractivity contribution is -0.122. The van der Waals surface area contributed by atoms with E-state index in [0.717, 1.165) is 19.4 Å². The second-order valence-electron chi connectivity index (χ2n) is 6.88. The summed E-state index contributed by atoms with van der Waals surface area (Å²) in [6, 6.07) is 0. The molecule has 1 fully saturated rings. The first kappa shape index (κ1) is 18.4. The number of amides is 1. The van der Waals surface area contributed by atoms with Crippen molar-refractivity contribution in [3.05, 3.63) is 0 Å². The Morgan fingerprint density at radius 3 is 2.57 bits per heavy atom. The van der Waals surface area contributed by atoms with Crippen LogP contribution in [0.15, 0.2) is 0 Å². The highest BCUT2D eigenvalue weighted by molar-refractivity contribution is 7.88. The largest absolute Gasteiger partial charge is 0.351 e. The fraction of sp³-hybridized carbons (Fsp3) is 0.929. The minimum Gasteiger partial charge on any atom is -0.351 e. The number of carbonyl (C=O) groups excluding carboxylic acids is 1. The maximum absolute atomic E-state index is 11.7. The van der Waals surface area contributed by atoms with Crippen LogP contribution >= 0.6 is 0 Å². The van der Waals surface area contributed by atoms with Crippen LogP contribution in [0.4, 0.5) is 0 Å². The van der Waals surface area contributed by atoms with Crippen LogP contribution in [0.2, 0.25) is 0 Å². The van der Waals surface area contributed by atoms with Gasteiger partial charge in [-0.05, 0) is 46.1 Å². The van der Waals surface area contributed by atoms with E-state index in [1.54, 1.807) is 4.31 Å². The molecule has 0 aromatic heterocycles. The second kappa shape index (κ2) is 7.56. The van der Waals surface area contributed by atoms with Crippen molar-refractivity contribution in [2.45, 2.75) is 45.6 Å². The van der Waals surface area contributed by atoms with Crippen molar-refractivity contribution in [1.82, 2.24) is 14.9 Å². The summed E-state index contributed by atoms with van der Waals surface area (Å²) in [5.41, 5.74) is -0.198. The zero-order chi connectivity index (χ0) is 16.1. The first-order valence-corrected chi connectivity index (χ1v) is 9.39. The fourth-order valence-electron chi connectivity index (χ4n) is 2.48. The van der Waals surface area contributed by atoms with Gasteiger partial charge in [-0.1, -0.05) is 0 Å². The van der Waals surface area contributed by atoms with Gasteiger partial charge in [0.2, 0.25) is 15.9 Å². The molecule has 6 nitrogen and oxygen atoms in total. The Labute approximate surface area is 128 Å². The molecule has 1 rings (SSSR count). The Morgan fingerprint density at radius 1 is 1.33 bits per heavy atom. The van der Waals surface area contributed by atoms with Crippen LogP contribution < -0.4 is 10.6 Å². The van der Waals surface area contributed by atoms with Gasteiger partial charge in [0, 0.05) is 31.6 Å². The predicted octanol–water partition coefficient (Wildman–Crippen LogP) is 0.552. The van der Waals surface area contributed by atoms with E-state index in [4.69, 9.17) is 0 Å². The molecule has 1 heterocycles. The highest BCUT2D eigenvalue weighted by Crippen LogP contribution is 2.17. The van der Waals surface area contributed by atoms with Gasteiger partial charge < -0.3 is 10.6 Å². The van der Waals surface area contributed by atoms with Gasteiger partial charge in [0.1, 0.15) is 0 Å². The maximum Gasteiger partial charge on any atom is 0.221 e. The van der Waals surface area contributed by atoms with Crippen molar-refractivity contribution in [2.75, 3.05) is 32.4 Å². The van der Waals surface area contributed by atoms with E-state index < -0.39 is 10.0 Å². The van der Waals surface area contributed by atoms with Crippen molar-refractivity contribution in [2.24, 2.45) is 5.92 Å². The monoisotopic (exact) mass is 319 g/mol. The summed E-state index contributed by atoms with van der Waals surface area (Å²) in [4.78, 5) is 11.7. The highest BCUT2D eigenvalue weighted by Gasteiger charge is 2.25. The normalized spacial score (nSPS) is 21.2. The summed E-state index contributed by atoms with van der Waals surface area (Å²) < 4.78 is 24.6. The Balaban J connectivity index is 2.22. The minimum absolute atomic E-state index is 0.0383. The Hall–Kier alpha value is -0.660. The Morgan fingerprint density at radius 2 is 2.00 bits per heavy atom. The van der Waals surface area contributed by atoms with Gasteiger partial charge >= 0.3 is 0 Å². The summed E-state index contributed by atoms with van der Waals surface area (Å²) in [5, 5.41) is 6.18. The fourth-order valence-corrected chi connectivity index (χ4v) is 3.43. The molecule has 0 saturated carbocycles. The molecule has 1 aliphatic heterocycles. The van der Waals surface area contributed by atoms with Gasteiger partial charge in [0.25, 0.3) is 0 Å². The average molecular weight is 319 g/mol. The van der Waals surface area contributed by atoms with Gasteiger partial charge in [-0.2, -0.15) is 0 Å². The molecule has 1 atom stereocenters. The summed E-state index contributed by atoms with van der Waals surface area (Å²) in [7, 11) is -3.08. The first-order chi connectivity index (χ1) is 9.58. The van der Waals surface area contributed by atoms with Crippen molar-refractivity contribution in [3.8, 4) is 0 Å². The molecule has 0 bridgehead atoms. The van der Waals surface area contributed by atoms with Crippen LogP contribution in [0.1, 0.15) is 40.0 Å². The van der Waals surface area contributed by atoms with Gasteiger partial charge in [-0.3, -0.25) is 4.79 Å². The molecular formula is C14H29N3O3S. The Kier molecular flexibility index (Phi) is 6.62. The van der Waals surface area contributed by atoms with Crippen LogP contribution in [0.3, 0.4) is 0 Å². The Bertz CT molecular complexity index is 443. The SMILES string of the molecule is CC(C)(C)NC(=O)CCNCC1CCCN(S(C)(=O)=O)C1. The molecule has 21 heavy (non-hydrogen) atoms. The minimum atomic E-state index is -3.08. The molecule has 7 heteroatoms. The van der Waals surface area contributed by atoms with E-state index in [1.165, 1.54) is 6.26 Å². The number of hydrogen-bond acceptors (Lipinski definition) is 4. The van der Waals surface area contributed by atoms with E-state index in [0.29, 0.717) is 32.0 Å². The topological polar surface area (TPSA) is 78.5 Å². The van der Waals surface area contributed by atoms with Gasteiger partial charge in [-0.15, -0.1) is 0 Å². The third-order valence-electron chi connectivity index (χ3n) is 3.43. The molecule has 0 aromatic rings. The van der Waals surface area contributed by atoms with Crippen LogP contribution in [0.25, 0.3) is 0 Å². The van der Waals surface area contributed by atoms with E-state index in [1.807, 2.05) is 20.8 Å². The number of piperidine rings is 1. The van der Waals surface area contributed by atoms with Crippen molar-refractivity contribution in [1.29, 1.82) is 0 Å². The summed E-state index contributed by atoms with van der Waals surface area (Å²) in [6.45, 7) is 8.47. The lowest BCUT2D eigenvalue weighted by atomic mass is 10.00. The smallest absolute Gasteiger partial charge is 0.221 e. The highest BCUT2D eigenvalue weighted by atomic mass is 32.2. The van der Waals surface area contributed by atoms with E-state index in [-0.39, 0.29) is 11.4 Å². The summed E-state index contributed by atoms with van der Waals surface area (Å²) >= 11 is 0. The molecule has 124 valence electrons. The number of sulfonamides is 1. The number of carbonyl (C=O) groups is 1. The average Bonchev–Trinajstić information content (AvgIpc) is 2.32. The van der Waals surface area contributed by atoms with Crippen molar-refractivity contribution < 1.29 is 13.2 Å². The van der Waals surface area contributed by atoms with E-state index in [9.17, 15) is 13.2 Å². The van der Waals surface area contributed by atoms with Gasteiger partial charge in [-0.25, -0.2) is 12.7 Å². The van der Waals surface area contributed by atoms with Gasteiger partial charge in [0.15, 0.2) is 0 Å². The lowest BCUT2D eigenvalue weighted by Crippen LogP contribution is -2.43. The quantitative estimate of drug-likeness (QED) is 0.701. The zero-order valence-corrected chi connectivity index (χ0v) is 14.4. The van der Waals surface area contributed by atoms with E-state index in [2.05, 4.69) is 10.6 Å². The molecule has 1 aliphatic rings. The summed E-state index contributed by atoms with van der Waals surface area (Å²) in [6.07, 6.45) is 3.65. The summed E-state index contributed by atoms with van der Waals surface area (Å²) in [5.74, 6) is 0.371. The number of hydrogen-bond donors (Lipinski definition) is 2.